The molecule has 3 aromatic carbocycles. The number of nitrogens with one attached hydrogen (secondary N) is 1. The number of carboxylic acid groups (broad SMARTS) is 1. The van der Waals surface area contributed by atoms with Crippen LogP contribution in [0.1, 0.15) is 32.7 Å². The van der Waals surface area contributed by atoms with Gasteiger partial charge in [0, 0.05) is 26.1 Å². The number of carbonyl (C=O) groups excluding carboxylic acids is 2. The number of carbonyl (C=O) groups is 3. The van der Waals surface area contributed by atoms with E-state index >= 15 is 0 Å². The summed E-state index contributed by atoms with van der Waals surface area (Å²) in [6, 6.07) is 17.6. The lowest BCUT2D eigenvalue weighted by molar-refractivity contribution is -0.116. The summed E-state index contributed by atoms with van der Waals surface area (Å²) < 4.78 is 0. The van der Waals surface area contributed by atoms with Crippen molar-refractivity contribution in [3.05, 3.63) is 77.4 Å². The molecule has 31 heavy (non-hydrogen) atoms. The van der Waals surface area contributed by atoms with Crippen molar-refractivity contribution in [1.29, 1.82) is 0 Å². The first kappa shape index (κ1) is 23.7. The fourth-order valence-electron chi connectivity index (χ4n) is 2.79. The fraction of sp³-hybridized carbons (Fsp3) is 0.208. The van der Waals surface area contributed by atoms with Crippen molar-refractivity contribution in [3.8, 4) is 0 Å². The normalized spacial score (nSPS) is 10.3. The van der Waals surface area contributed by atoms with Crippen LogP contribution in [0.2, 0.25) is 0 Å². The molecule has 0 aliphatic heterocycles. The average Bonchev–Trinajstić information content (AvgIpc) is 2.77. The van der Waals surface area contributed by atoms with Crippen molar-refractivity contribution >= 4 is 34.6 Å². The van der Waals surface area contributed by atoms with Gasteiger partial charge in [0.2, 0.25) is 5.91 Å². The minimum absolute atomic E-state index is 0.0672. The third-order valence-electron chi connectivity index (χ3n) is 4.50. The Balaban J connectivity index is 0.000000614. The Morgan fingerprint density at radius 2 is 1.68 bits per heavy atom. The van der Waals surface area contributed by atoms with Gasteiger partial charge in [0.05, 0.1) is 18.4 Å². The summed E-state index contributed by atoms with van der Waals surface area (Å²) >= 11 is 0. The third kappa shape index (κ3) is 7.33. The molecule has 0 aliphatic rings. The number of hydrogen-bond donors (Lipinski definition) is 2. The third-order valence-corrected chi connectivity index (χ3v) is 4.50. The first-order valence-corrected chi connectivity index (χ1v) is 9.65. The summed E-state index contributed by atoms with van der Waals surface area (Å²) in [6.07, 6.45) is 1.59. The highest BCUT2D eigenvalue weighted by Crippen LogP contribution is 2.19. The lowest BCUT2D eigenvalue weighted by Crippen LogP contribution is -2.15. The molecule has 0 atom stereocenters. The van der Waals surface area contributed by atoms with Gasteiger partial charge in [-0.3, -0.25) is 9.59 Å². The van der Waals surface area contributed by atoms with E-state index in [1.165, 1.54) is 6.07 Å². The van der Waals surface area contributed by atoms with Gasteiger partial charge in [0.15, 0.2) is 0 Å². The molecule has 3 aromatic rings. The van der Waals surface area contributed by atoms with E-state index in [0.29, 0.717) is 17.7 Å². The highest BCUT2D eigenvalue weighted by Gasteiger charge is 2.11. The quantitative estimate of drug-likeness (QED) is 0.441. The molecule has 0 aliphatic carbocycles. The Morgan fingerprint density at radius 3 is 2.32 bits per heavy atom. The summed E-state index contributed by atoms with van der Waals surface area (Å²) in [5.41, 5.74) is 1.99. The van der Waals surface area contributed by atoms with E-state index in [-0.39, 0.29) is 17.9 Å². The zero-order chi connectivity index (χ0) is 22.8. The Bertz CT molecular complexity index is 1060. The van der Waals surface area contributed by atoms with Gasteiger partial charge in [0.1, 0.15) is 6.29 Å². The molecule has 0 radical (unpaired) electrons. The Kier molecular flexibility index (Phi) is 8.87. The minimum Gasteiger partial charge on any atom is -0.478 e. The molecule has 0 unspecified atom stereocenters. The number of rotatable bonds is 7. The second-order valence-corrected chi connectivity index (χ2v) is 6.95. The van der Waals surface area contributed by atoms with E-state index in [4.69, 9.17) is 5.11 Å². The molecular formula is C24H26N2O5. The van der Waals surface area contributed by atoms with Crippen LogP contribution in [0, 0.1) is 0 Å². The molecule has 162 valence electrons. The van der Waals surface area contributed by atoms with Gasteiger partial charge in [-0.15, -0.1) is 0 Å². The average molecular weight is 422 g/mol. The largest absolute Gasteiger partial charge is 0.478 e. The predicted octanol–water partition coefficient (Wildman–Crippen LogP) is 4.03. The number of hydrogen-bond acceptors (Lipinski definition) is 5. The maximum atomic E-state index is 12.2. The Labute approximate surface area is 181 Å². The van der Waals surface area contributed by atoms with E-state index in [0.717, 1.165) is 22.6 Å². The van der Waals surface area contributed by atoms with Crippen LogP contribution >= 0.6 is 0 Å². The van der Waals surface area contributed by atoms with E-state index in [9.17, 15) is 14.4 Å². The van der Waals surface area contributed by atoms with Crippen LogP contribution in [-0.4, -0.2) is 49.5 Å². The molecule has 0 heterocycles. The standard InChI is InChI=1S/C21H17NO4.C3H9NO/c23-13-15-6-9-16-11-14(5-8-17(16)12-15)7-10-20(24)22-19-4-2-1-3-18(19)21(25)26;1-4(2)5-3/h1-6,8-9,11-13H,7,10H2,(H,22,24)(H,25,26);1-3H3. The van der Waals surface area contributed by atoms with Crippen molar-refractivity contribution in [2.45, 2.75) is 12.8 Å². The van der Waals surface area contributed by atoms with Crippen LogP contribution in [-0.2, 0) is 16.1 Å². The van der Waals surface area contributed by atoms with Gasteiger partial charge >= 0.3 is 5.97 Å². The number of nitrogens with zero attached hydrogens (tertiary/aromatic N) is 1. The Hall–Kier alpha value is -3.55. The number of fused-ring (bicyclic) bond motifs is 1. The maximum Gasteiger partial charge on any atom is 0.337 e. The van der Waals surface area contributed by atoms with Gasteiger partial charge in [-0.2, -0.15) is 5.06 Å². The molecule has 0 spiro atoms. The number of hydroxylamine groups is 2. The summed E-state index contributed by atoms with van der Waals surface area (Å²) in [5, 5.41) is 15.4. The summed E-state index contributed by atoms with van der Waals surface area (Å²) in [6.45, 7) is 0. The SMILES string of the molecule is CON(C)C.O=Cc1ccc2cc(CCC(=O)Nc3ccccc3C(=O)O)ccc2c1. The highest BCUT2D eigenvalue weighted by atomic mass is 16.7. The van der Waals surface area contributed by atoms with Crippen molar-refractivity contribution in [1.82, 2.24) is 5.06 Å². The smallest absolute Gasteiger partial charge is 0.337 e. The molecule has 0 fully saturated rings. The molecule has 3 rings (SSSR count). The van der Waals surface area contributed by atoms with Gasteiger partial charge in [-0.1, -0.05) is 42.5 Å². The lowest BCUT2D eigenvalue weighted by atomic mass is 10.0. The molecule has 1 amide bonds. The molecule has 7 nitrogen and oxygen atoms in total. The number of aryl methyl sites for hydroxylation is 1. The summed E-state index contributed by atoms with van der Waals surface area (Å²) in [5.74, 6) is -1.32. The highest BCUT2D eigenvalue weighted by molar-refractivity contribution is 6.00. The van der Waals surface area contributed by atoms with Gasteiger partial charge < -0.3 is 15.3 Å². The number of carboxylic acids is 1. The van der Waals surface area contributed by atoms with E-state index in [2.05, 4.69) is 10.2 Å². The molecular weight excluding hydrogens is 396 g/mol. The minimum atomic E-state index is -1.08. The molecule has 0 aromatic heterocycles. The van der Waals surface area contributed by atoms with E-state index in [1.807, 2.05) is 44.4 Å². The number of benzene rings is 3. The van der Waals surface area contributed by atoms with Crippen molar-refractivity contribution in [3.63, 3.8) is 0 Å². The first-order valence-electron chi connectivity index (χ1n) is 9.65. The van der Waals surface area contributed by atoms with Crippen LogP contribution < -0.4 is 5.32 Å². The van der Waals surface area contributed by atoms with E-state index in [1.54, 1.807) is 36.4 Å². The molecule has 2 N–H and O–H groups in total. The van der Waals surface area contributed by atoms with Crippen LogP contribution in [0.25, 0.3) is 10.8 Å². The molecule has 0 saturated carbocycles. The van der Waals surface area contributed by atoms with Gasteiger partial charge in [-0.05, 0) is 41.0 Å². The summed E-state index contributed by atoms with van der Waals surface area (Å²) in [4.78, 5) is 38.8. The van der Waals surface area contributed by atoms with Crippen LogP contribution in [0.5, 0.6) is 0 Å². The second kappa shape index (κ2) is 11.6. The summed E-state index contributed by atoms with van der Waals surface area (Å²) in [7, 11) is 5.29. The number of anilines is 1. The second-order valence-electron chi connectivity index (χ2n) is 6.95. The topological polar surface area (TPSA) is 95.9 Å². The molecule has 0 saturated heterocycles. The van der Waals surface area contributed by atoms with Crippen molar-refractivity contribution < 1.29 is 24.3 Å². The number of aldehydes is 1. The number of aromatic carboxylic acids is 1. The van der Waals surface area contributed by atoms with Crippen LogP contribution in [0.15, 0.2) is 60.7 Å². The van der Waals surface area contributed by atoms with Crippen molar-refractivity contribution in [2.75, 3.05) is 26.5 Å². The van der Waals surface area contributed by atoms with Crippen LogP contribution in [0.4, 0.5) is 5.69 Å². The van der Waals surface area contributed by atoms with Crippen LogP contribution in [0.3, 0.4) is 0 Å². The Morgan fingerprint density at radius 1 is 1.03 bits per heavy atom. The maximum absolute atomic E-state index is 12.2. The zero-order valence-electron chi connectivity index (χ0n) is 17.8. The molecule has 7 heteroatoms. The predicted molar refractivity (Wildman–Crippen MR) is 120 cm³/mol. The van der Waals surface area contributed by atoms with Crippen molar-refractivity contribution in [2.24, 2.45) is 0 Å². The van der Waals surface area contributed by atoms with E-state index < -0.39 is 5.97 Å². The lowest BCUT2D eigenvalue weighted by Gasteiger charge is -2.09. The number of para-hydroxylation sites is 1. The zero-order valence-corrected chi connectivity index (χ0v) is 17.8. The fourth-order valence-corrected chi connectivity index (χ4v) is 2.79. The van der Waals surface area contributed by atoms with Gasteiger partial charge in [0.25, 0.3) is 0 Å². The van der Waals surface area contributed by atoms with Gasteiger partial charge in [-0.25, -0.2) is 4.79 Å². The monoisotopic (exact) mass is 422 g/mol. The number of amides is 1. The first-order chi connectivity index (χ1) is 14.8. The molecule has 0 bridgehead atoms.